The van der Waals surface area contributed by atoms with Crippen LogP contribution >= 0.6 is 0 Å². The summed E-state index contributed by atoms with van der Waals surface area (Å²) in [6.45, 7) is 4.38. The van der Waals surface area contributed by atoms with Gasteiger partial charge >= 0.3 is 0 Å². The average Bonchev–Trinajstić information content (AvgIpc) is 2.52. The van der Waals surface area contributed by atoms with Crippen LogP contribution < -0.4 is 19.7 Å². The number of anilines is 1. The average molecular weight is 308 g/mol. The molecule has 1 aromatic rings. The molecule has 0 saturated heterocycles. The van der Waals surface area contributed by atoms with Gasteiger partial charge in [-0.15, -0.1) is 0 Å². The minimum atomic E-state index is -0.158. The van der Waals surface area contributed by atoms with Crippen LogP contribution in [0.15, 0.2) is 18.2 Å². The number of hydrogen-bond acceptors (Lipinski definition) is 4. The van der Waals surface area contributed by atoms with Crippen LogP contribution in [0.5, 0.6) is 11.5 Å². The predicted molar refractivity (Wildman–Crippen MR) is 85.5 cm³/mol. The van der Waals surface area contributed by atoms with Gasteiger partial charge in [-0.2, -0.15) is 0 Å². The van der Waals surface area contributed by atoms with Gasteiger partial charge in [0.25, 0.3) is 0 Å². The molecule has 6 nitrogen and oxygen atoms in total. The van der Waals surface area contributed by atoms with E-state index in [2.05, 4.69) is 5.32 Å². The van der Waals surface area contributed by atoms with Gasteiger partial charge in [0.15, 0.2) is 0 Å². The largest absolute Gasteiger partial charge is 0.497 e. The van der Waals surface area contributed by atoms with Crippen molar-refractivity contribution in [3.63, 3.8) is 0 Å². The van der Waals surface area contributed by atoms with Crippen LogP contribution in [-0.4, -0.2) is 39.1 Å². The first-order chi connectivity index (χ1) is 10.5. The molecule has 22 heavy (non-hydrogen) atoms. The molecule has 2 amide bonds. The van der Waals surface area contributed by atoms with Crippen molar-refractivity contribution in [2.45, 2.75) is 26.7 Å². The van der Waals surface area contributed by atoms with E-state index in [0.717, 1.165) is 6.42 Å². The first kappa shape index (κ1) is 17.8. The smallest absolute Gasteiger partial charge is 0.223 e. The molecule has 0 spiro atoms. The van der Waals surface area contributed by atoms with Crippen LogP contribution in [0.25, 0.3) is 0 Å². The molecule has 1 N–H and O–H groups in total. The van der Waals surface area contributed by atoms with Gasteiger partial charge in [-0.1, -0.05) is 6.92 Å². The van der Waals surface area contributed by atoms with Crippen molar-refractivity contribution in [3.8, 4) is 11.5 Å². The molecule has 0 atom stereocenters. The van der Waals surface area contributed by atoms with Gasteiger partial charge in [0.05, 0.1) is 19.9 Å². The van der Waals surface area contributed by atoms with E-state index in [-0.39, 0.29) is 24.8 Å². The second kappa shape index (κ2) is 8.92. The van der Waals surface area contributed by atoms with Crippen molar-refractivity contribution in [1.29, 1.82) is 0 Å². The fourth-order valence-corrected chi connectivity index (χ4v) is 2.02. The molecule has 0 radical (unpaired) electrons. The van der Waals surface area contributed by atoms with E-state index in [4.69, 9.17) is 9.47 Å². The van der Waals surface area contributed by atoms with Gasteiger partial charge in [-0.25, -0.2) is 0 Å². The number of rotatable bonds is 8. The van der Waals surface area contributed by atoms with Gasteiger partial charge in [0.1, 0.15) is 11.5 Å². The summed E-state index contributed by atoms with van der Waals surface area (Å²) in [6.07, 6.45) is 1.12. The summed E-state index contributed by atoms with van der Waals surface area (Å²) in [4.78, 5) is 25.2. The molecular weight excluding hydrogens is 284 g/mol. The zero-order valence-electron chi connectivity index (χ0n) is 13.6. The van der Waals surface area contributed by atoms with Crippen LogP contribution in [0, 0.1) is 0 Å². The normalized spacial score (nSPS) is 10.0. The molecular formula is C16H24N2O4. The highest BCUT2D eigenvalue weighted by atomic mass is 16.5. The van der Waals surface area contributed by atoms with Gasteiger partial charge < -0.3 is 19.7 Å². The molecule has 0 saturated carbocycles. The Labute approximate surface area is 131 Å². The number of benzene rings is 1. The van der Waals surface area contributed by atoms with Crippen LogP contribution in [0.4, 0.5) is 5.69 Å². The number of carbonyl (C=O) groups excluding carboxylic acids is 2. The number of methoxy groups -OCH3 is 2. The fourth-order valence-electron chi connectivity index (χ4n) is 2.02. The Hall–Kier alpha value is -2.24. The third-order valence-electron chi connectivity index (χ3n) is 3.19. The third kappa shape index (κ3) is 4.95. The van der Waals surface area contributed by atoms with E-state index in [1.807, 2.05) is 6.92 Å². The molecule has 6 heteroatoms. The molecule has 0 fully saturated rings. The van der Waals surface area contributed by atoms with Crippen molar-refractivity contribution in [1.82, 2.24) is 5.32 Å². The number of nitrogens with zero attached hydrogens (tertiary/aromatic N) is 1. The maximum Gasteiger partial charge on any atom is 0.223 e. The van der Waals surface area contributed by atoms with Crippen LogP contribution in [0.3, 0.4) is 0 Å². The Morgan fingerprint density at radius 3 is 2.50 bits per heavy atom. The van der Waals surface area contributed by atoms with E-state index < -0.39 is 0 Å². The maximum absolute atomic E-state index is 11.9. The summed E-state index contributed by atoms with van der Waals surface area (Å²) >= 11 is 0. The zero-order chi connectivity index (χ0) is 16.5. The van der Waals surface area contributed by atoms with Crippen molar-refractivity contribution in [3.05, 3.63) is 18.2 Å². The molecule has 1 aromatic carbocycles. The Morgan fingerprint density at radius 2 is 1.95 bits per heavy atom. The minimum absolute atomic E-state index is 0.0741. The van der Waals surface area contributed by atoms with E-state index in [0.29, 0.717) is 23.7 Å². The van der Waals surface area contributed by atoms with Gasteiger partial charge in [0.2, 0.25) is 11.8 Å². The van der Waals surface area contributed by atoms with Gasteiger partial charge in [-0.05, 0) is 18.6 Å². The quantitative estimate of drug-likeness (QED) is 0.797. The molecule has 0 bridgehead atoms. The van der Waals surface area contributed by atoms with E-state index in [9.17, 15) is 9.59 Å². The maximum atomic E-state index is 11.9. The number of amides is 2. The second-order valence-electron chi connectivity index (χ2n) is 4.81. The Balaban J connectivity index is 2.91. The summed E-state index contributed by atoms with van der Waals surface area (Å²) in [7, 11) is 3.10. The first-order valence-electron chi connectivity index (χ1n) is 7.30. The predicted octanol–water partition coefficient (Wildman–Crippen LogP) is 1.97. The molecule has 0 aliphatic heterocycles. The lowest BCUT2D eigenvalue weighted by atomic mass is 10.2. The van der Waals surface area contributed by atoms with E-state index >= 15 is 0 Å². The van der Waals surface area contributed by atoms with Gasteiger partial charge in [-0.3, -0.25) is 9.59 Å². The van der Waals surface area contributed by atoms with Gasteiger partial charge in [0, 0.05) is 32.5 Å². The summed E-state index contributed by atoms with van der Waals surface area (Å²) in [5.41, 5.74) is 0.595. The van der Waals surface area contributed by atoms with E-state index in [1.54, 1.807) is 25.3 Å². The molecule has 0 heterocycles. The Bertz CT molecular complexity index is 517. The van der Waals surface area contributed by atoms with Crippen molar-refractivity contribution in [2.24, 2.45) is 0 Å². The lowest BCUT2D eigenvalue weighted by Gasteiger charge is -2.23. The minimum Gasteiger partial charge on any atom is -0.497 e. The van der Waals surface area contributed by atoms with Crippen LogP contribution in [-0.2, 0) is 9.59 Å². The standard InChI is InChI=1S/C16H24N2O4/c1-5-9-17-16(20)8-10-18(12(2)19)14-11-13(21-3)6-7-15(14)22-4/h6-7,11H,5,8-10H2,1-4H3,(H,17,20). The molecule has 0 aliphatic carbocycles. The van der Waals surface area contributed by atoms with Crippen molar-refractivity contribution in [2.75, 3.05) is 32.2 Å². The molecule has 122 valence electrons. The highest BCUT2D eigenvalue weighted by Crippen LogP contribution is 2.32. The second-order valence-corrected chi connectivity index (χ2v) is 4.81. The monoisotopic (exact) mass is 308 g/mol. The summed E-state index contributed by atoms with van der Waals surface area (Å²) < 4.78 is 10.5. The summed E-state index contributed by atoms with van der Waals surface area (Å²) in [6, 6.07) is 5.22. The lowest BCUT2D eigenvalue weighted by molar-refractivity contribution is -0.121. The number of ether oxygens (including phenoxy) is 2. The lowest BCUT2D eigenvalue weighted by Crippen LogP contribution is -2.34. The van der Waals surface area contributed by atoms with Crippen LogP contribution in [0.1, 0.15) is 26.7 Å². The van der Waals surface area contributed by atoms with Crippen molar-refractivity contribution < 1.29 is 19.1 Å². The fraction of sp³-hybridized carbons (Fsp3) is 0.500. The highest BCUT2D eigenvalue weighted by Gasteiger charge is 2.18. The molecule has 0 unspecified atom stereocenters. The molecule has 0 aromatic heterocycles. The Kier molecular flexibility index (Phi) is 7.22. The zero-order valence-corrected chi connectivity index (χ0v) is 13.6. The first-order valence-corrected chi connectivity index (χ1v) is 7.30. The number of hydrogen-bond donors (Lipinski definition) is 1. The molecule has 0 aliphatic rings. The SMILES string of the molecule is CCCNC(=O)CCN(C(C)=O)c1cc(OC)ccc1OC. The number of carbonyl (C=O) groups is 2. The number of nitrogens with one attached hydrogen (secondary N) is 1. The van der Waals surface area contributed by atoms with Crippen LogP contribution in [0.2, 0.25) is 0 Å². The van der Waals surface area contributed by atoms with Crippen molar-refractivity contribution >= 4 is 17.5 Å². The topological polar surface area (TPSA) is 67.9 Å². The highest BCUT2D eigenvalue weighted by molar-refractivity contribution is 5.94. The summed E-state index contributed by atoms with van der Waals surface area (Å²) in [5, 5.41) is 2.80. The summed E-state index contributed by atoms with van der Waals surface area (Å²) in [5.74, 6) is 0.951. The third-order valence-corrected chi connectivity index (χ3v) is 3.19. The van der Waals surface area contributed by atoms with E-state index in [1.165, 1.54) is 18.9 Å². The molecule has 1 rings (SSSR count). The Morgan fingerprint density at radius 1 is 1.23 bits per heavy atom.